The summed E-state index contributed by atoms with van der Waals surface area (Å²) in [6.45, 7) is 3.15. The number of aryl methyl sites for hydroxylation is 1. The summed E-state index contributed by atoms with van der Waals surface area (Å²) in [6.07, 6.45) is 9.46. The van der Waals surface area contributed by atoms with E-state index < -0.39 is 0 Å². The Morgan fingerprint density at radius 2 is 2.25 bits per heavy atom. The highest BCUT2D eigenvalue weighted by atomic mass is 15.2. The molecule has 2 aromatic rings. The zero-order valence-electron chi connectivity index (χ0n) is 9.37. The fourth-order valence-electron chi connectivity index (χ4n) is 1.45. The van der Waals surface area contributed by atoms with Gasteiger partial charge in [-0.15, -0.1) is 0 Å². The molecule has 0 saturated heterocycles. The van der Waals surface area contributed by atoms with Crippen molar-refractivity contribution in [3.8, 4) is 11.3 Å². The van der Waals surface area contributed by atoms with Crippen molar-refractivity contribution < 1.29 is 4.68 Å². The fraction of sp³-hybridized carbons (Fsp3) is 0.333. The molecular weight excluding hydrogens is 200 g/mol. The molecular formula is C12H15N4+. The van der Waals surface area contributed by atoms with Gasteiger partial charge in [0.05, 0.1) is 5.69 Å². The molecule has 0 N–H and O–H groups in total. The summed E-state index contributed by atoms with van der Waals surface area (Å²) in [7, 11) is 0. The topological polar surface area (TPSA) is 42.5 Å². The third kappa shape index (κ3) is 2.59. The molecule has 0 atom stereocenters. The number of unbranched alkanes of at least 4 members (excludes halogenated alkanes) is 1. The van der Waals surface area contributed by atoms with E-state index in [1.54, 1.807) is 12.5 Å². The van der Waals surface area contributed by atoms with Gasteiger partial charge in [-0.25, -0.2) is 9.97 Å². The molecule has 82 valence electrons. The van der Waals surface area contributed by atoms with Crippen LogP contribution in [0.2, 0.25) is 0 Å². The Kier molecular flexibility index (Phi) is 3.53. The Labute approximate surface area is 95.0 Å². The van der Waals surface area contributed by atoms with E-state index in [4.69, 9.17) is 0 Å². The third-order valence-corrected chi connectivity index (χ3v) is 2.39. The molecule has 0 aliphatic rings. The van der Waals surface area contributed by atoms with Crippen LogP contribution in [0.25, 0.3) is 11.3 Å². The summed E-state index contributed by atoms with van der Waals surface area (Å²) in [4.78, 5) is 8.07. The molecule has 2 heterocycles. The first-order chi connectivity index (χ1) is 7.90. The van der Waals surface area contributed by atoms with Crippen molar-refractivity contribution in [1.82, 2.24) is 15.1 Å². The van der Waals surface area contributed by atoms with Crippen LogP contribution in [0.3, 0.4) is 0 Å². The molecule has 0 fully saturated rings. The van der Waals surface area contributed by atoms with Gasteiger partial charge in [-0.05, 0) is 11.2 Å². The third-order valence-electron chi connectivity index (χ3n) is 2.39. The molecule has 0 amide bonds. The van der Waals surface area contributed by atoms with Crippen LogP contribution in [0.15, 0.2) is 37.1 Å². The van der Waals surface area contributed by atoms with Gasteiger partial charge in [-0.1, -0.05) is 18.0 Å². The zero-order valence-corrected chi connectivity index (χ0v) is 9.37. The molecule has 0 aromatic carbocycles. The Morgan fingerprint density at radius 1 is 1.31 bits per heavy atom. The summed E-state index contributed by atoms with van der Waals surface area (Å²) < 4.78 is 1.95. The fourth-order valence-corrected chi connectivity index (χ4v) is 1.45. The molecule has 4 heteroatoms. The molecule has 0 radical (unpaired) electrons. The molecule has 4 nitrogen and oxygen atoms in total. The molecule has 0 spiro atoms. The number of nitrogens with zero attached hydrogens (tertiary/aromatic N) is 4. The van der Waals surface area contributed by atoms with Gasteiger partial charge in [0.25, 0.3) is 0 Å². The summed E-state index contributed by atoms with van der Waals surface area (Å²) in [5.41, 5.74) is 1.93. The average molecular weight is 215 g/mol. The van der Waals surface area contributed by atoms with Gasteiger partial charge in [0.2, 0.25) is 0 Å². The maximum Gasteiger partial charge on any atom is 0.196 e. The lowest BCUT2D eigenvalue weighted by molar-refractivity contribution is -0.754. The van der Waals surface area contributed by atoms with Crippen LogP contribution < -0.4 is 4.68 Å². The second kappa shape index (κ2) is 5.30. The van der Waals surface area contributed by atoms with Crippen LogP contribution in [0.5, 0.6) is 0 Å². The Morgan fingerprint density at radius 3 is 2.88 bits per heavy atom. The van der Waals surface area contributed by atoms with Gasteiger partial charge >= 0.3 is 0 Å². The molecule has 0 unspecified atom stereocenters. The Balaban J connectivity index is 2.13. The zero-order chi connectivity index (χ0) is 11.2. The molecule has 2 rings (SSSR count). The monoisotopic (exact) mass is 215 g/mol. The maximum absolute atomic E-state index is 4.35. The van der Waals surface area contributed by atoms with Gasteiger partial charge in [0, 0.05) is 24.2 Å². The van der Waals surface area contributed by atoms with Crippen LogP contribution in [0.1, 0.15) is 19.8 Å². The van der Waals surface area contributed by atoms with Crippen LogP contribution in [-0.2, 0) is 6.54 Å². The normalized spacial score (nSPS) is 10.3. The molecule has 0 aliphatic heterocycles. The van der Waals surface area contributed by atoms with Crippen molar-refractivity contribution >= 4 is 0 Å². The van der Waals surface area contributed by atoms with Gasteiger partial charge in [0.1, 0.15) is 12.5 Å². The lowest BCUT2D eigenvalue weighted by atomic mass is 10.2. The van der Waals surface area contributed by atoms with Crippen LogP contribution in [-0.4, -0.2) is 15.1 Å². The van der Waals surface area contributed by atoms with Crippen molar-refractivity contribution in [2.45, 2.75) is 26.3 Å². The molecule has 0 saturated carbocycles. The Hall–Kier alpha value is -1.84. The van der Waals surface area contributed by atoms with Crippen LogP contribution in [0, 0.1) is 0 Å². The largest absolute Gasteiger partial charge is 0.245 e. The summed E-state index contributed by atoms with van der Waals surface area (Å²) in [5, 5.41) is 4.35. The van der Waals surface area contributed by atoms with E-state index in [0.717, 1.165) is 24.2 Å². The van der Waals surface area contributed by atoms with E-state index in [1.165, 1.54) is 6.42 Å². The second-order valence-electron chi connectivity index (χ2n) is 3.63. The van der Waals surface area contributed by atoms with E-state index in [9.17, 15) is 0 Å². The van der Waals surface area contributed by atoms with Crippen molar-refractivity contribution in [3.05, 3.63) is 37.1 Å². The number of rotatable bonds is 4. The Bertz CT molecular complexity index is 425. The quantitative estimate of drug-likeness (QED) is 0.728. The standard InChI is InChI=1S/C12H15N4/c1-2-3-7-16-8-5-11(9-15-16)12-4-6-13-10-14-12/h4-6,8-10H,2-3,7H2,1H3/q+1. The van der Waals surface area contributed by atoms with E-state index in [2.05, 4.69) is 22.0 Å². The number of hydrogen-bond acceptors (Lipinski definition) is 3. The SMILES string of the molecule is CCCC[n+]1ccc(-c2ccncn2)cn1. The van der Waals surface area contributed by atoms with Crippen molar-refractivity contribution in [1.29, 1.82) is 0 Å². The lowest BCUT2D eigenvalue weighted by Crippen LogP contribution is -2.37. The van der Waals surface area contributed by atoms with Crippen molar-refractivity contribution in [2.24, 2.45) is 0 Å². The van der Waals surface area contributed by atoms with Gasteiger partial charge < -0.3 is 0 Å². The lowest BCUT2D eigenvalue weighted by Gasteiger charge is -1.97. The summed E-state index contributed by atoms with van der Waals surface area (Å²) in [6, 6.07) is 3.92. The average Bonchev–Trinajstić information content (AvgIpc) is 2.38. The predicted molar refractivity (Wildman–Crippen MR) is 60.4 cm³/mol. The highest BCUT2D eigenvalue weighted by Gasteiger charge is 2.04. The van der Waals surface area contributed by atoms with E-state index in [1.807, 2.05) is 29.2 Å². The molecule has 16 heavy (non-hydrogen) atoms. The second-order valence-corrected chi connectivity index (χ2v) is 3.63. The number of hydrogen-bond donors (Lipinski definition) is 0. The van der Waals surface area contributed by atoms with E-state index >= 15 is 0 Å². The molecule has 2 aromatic heterocycles. The van der Waals surface area contributed by atoms with Gasteiger partial charge in [-0.3, -0.25) is 0 Å². The minimum absolute atomic E-state index is 0.908. The van der Waals surface area contributed by atoms with E-state index in [0.29, 0.717) is 0 Å². The molecule has 0 bridgehead atoms. The first-order valence-corrected chi connectivity index (χ1v) is 5.52. The number of aromatic nitrogens is 4. The van der Waals surface area contributed by atoms with Crippen molar-refractivity contribution in [3.63, 3.8) is 0 Å². The van der Waals surface area contributed by atoms with E-state index in [-0.39, 0.29) is 0 Å². The van der Waals surface area contributed by atoms with Crippen molar-refractivity contribution in [2.75, 3.05) is 0 Å². The first kappa shape index (κ1) is 10.7. The maximum atomic E-state index is 4.35. The minimum atomic E-state index is 0.908. The van der Waals surface area contributed by atoms with Gasteiger partial charge in [-0.2, -0.15) is 0 Å². The predicted octanol–water partition coefficient (Wildman–Crippen LogP) is 1.63. The highest BCUT2D eigenvalue weighted by Crippen LogP contribution is 2.11. The van der Waals surface area contributed by atoms with Gasteiger partial charge in [0.15, 0.2) is 12.7 Å². The first-order valence-electron chi connectivity index (χ1n) is 5.52. The smallest absolute Gasteiger partial charge is 0.196 e. The highest BCUT2D eigenvalue weighted by molar-refractivity contribution is 5.55. The summed E-state index contributed by atoms with van der Waals surface area (Å²) in [5.74, 6) is 0. The minimum Gasteiger partial charge on any atom is -0.245 e. The van der Waals surface area contributed by atoms with Crippen LogP contribution >= 0.6 is 0 Å². The summed E-state index contributed by atoms with van der Waals surface area (Å²) >= 11 is 0. The molecule has 0 aliphatic carbocycles. The van der Waals surface area contributed by atoms with Crippen LogP contribution in [0.4, 0.5) is 0 Å².